The van der Waals surface area contributed by atoms with Gasteiger partial charge in [0.1, 0.15) is 0 Å². The molecule has 0 aromatic heterocycles. The lowest BCUT2D eigenvalue weighted by molar-refractivity contribution is -0.132. The van der Waals surface area contributed by atoms with Gasteiger partial charge in [0, 0.05) is 12.8 Å². The van der Waals surface area contributed by atoms with Gasteiger partial charge in [-0.25, -0.2) is 9.79 Å². The third-order valence-electron chi connectivity index (χ3n) is 4.34. The number of ether oxygens (including phenoxy) is 3. The van der Waals surface area contributed by atoms with Crippen LogP contribution in [0.4, 0.5) is 0 Å². The molecular formula is C19H21NO5. The zero-order valence-electron chi connectivity index (χ0n) is 14.4. The van der Waals surface area contributed by atoms with E-state index in [0.29, 0.717) is 23.0 Å². The Balaban J connectivity index is 1.83. The second-order valence-corrected chi connectivity index (χ2v) is 6.21. The molecule has 6 heteroatoms. The number of methoxy groups -OCH3 is 1. The van der Waals surface area contributed by atoms with Crippen molar-refractivity contribution >= 4 is 23.9 Å². The van der Waals surface area contributed by atoms with E-state index in [1.54, 1.807) is 24.3 Å². The number of aliphatic imine (C=N–C) groups is 1. The van der Waals surface area contributed by atoms with E-state index in [4.69, 9.17) is 14.2 Å². The van der Waals surface area contributed by atoms with E-state index in [1.165, 1.54) is 20.5 Å². The van der Waals surface area contributed by atoms with E-state index in [1.807, 2.05) is 0 Å². The van der Waals surface area contributed by atoms with Gasteiger partial charge in [0.25, 0.3) is 0 Å². The highest BCUT2D eigenvalue weighted by molar-refractivity contribution is 6.07. The molecule has 1 aliphatic carbocycles. The first-order valence-corrected chi connectivity index (χ1v) is 8.45. The van der Waals surface area contributed by atoms with Crippen LogP contribution in [-0.4, -0.2) is 24.9 Å². The van der Waals surface area contributed by atoms with E-state index in [9.17, 15) is 9.59 Å². The molecule has 25 heavy (non-hydrogen) atoms. The summed E-state index contributed by atoms with van der Waals surface area (Å²) in [4.78, 5) is 27.6. The molecule has 6 nitrogen and oxygen atoms in total. The van der Waals surface area contributed by atoms with Crippen LogP contribution in [0, 0.1) is 5.92 Å². The van der Waals surface area contributed by atoms with Crippen molar-refractivity contribution in [1.29, 1.82) is 0 Å². The van der Waals surface area contributed by atoms with Crippen LogP contribution >= 0.6 is 0 Å². The Bertz CT molecular complexity index is 744. The molecule has 0 spiro atoms. The molecule has 0 atom stereocenters. The van der Waals surface area contributed by atoms with Crippen molar-refractivity contribution in [1.82, 2.24) is 0 Å². The lowest BCUT2D eigenvalue weighted by Crippen LogP contribution is -2.19. The molecule has 1 saturated carbocycles. The molecule has 1 fully saturated rings. The lowest BCUT2D eigenvalue weighted by Gasteiger charge is -2.19. The molecular weight excluding hydrogens is 322 g/mol. The van der Waals surface area contributed by atoms with Gasteiger partial charge in [0.2, 0.25) is 5.90 Å². The fourth-order valence-corrected chi connectivity index (χ4v) is 3.12. The average molecular weight is 343 g/mol. The maximum atomic E-state index is 12.1. The van der Waals surface area contributed by atoms with Gasteiger partial charge < -0.3 is 14.2 Å². The Morgan fingerprint density at radius 2 is 2.00 bits per heavy atom. The van der Waals surface area contributed by atoms with Gasteiger partial charge in [0.05, 0.1) is 7.11 Å². The first-order chi connectivity index (χ1) is 12.1. The SMILES string of the molecule is COc1cc(/C=C2/N=C(C3CCCCC3)OC2=O)ccc1OC(C)=O. The second-order valence-electron chi connectivity index (χ2n) is 6.21. The molecule has 0 N–H and O–H groups in total. The van der Waals surface area contributed by atoms with Crippen LogP contribution in [0.15, 0.2) is 28.9 Å². The summed E-state index contributed by atoms with van der Waals surface area (Å²) in [6.45, 7) is 1.32. The molecule has 2 aliphatic rings. The number of hydrogen-bond acceptors (Lipinski definition) is 6. The lowest BCUT2D eigenvalue weighted by atomic mass is 9.89. The van der Waals surface area contributed by atoms with Gasteiger partial charge in [-0.3, -0.25) is 4.79 Å². The first kappa shape index (κ1) is 17.2. The molecule has 1 aromatic rings. The zero-order chi connectivity index (χ0) is 17.8. The van der Waals surface area contributed by atoms with Gasteiger partial charge in [-0.2, -0.15) is 0 Å². The zero-order valence-corrected chi connectivity index (χ0v) is 14.4. The predicted molar refractivity (Wildman–Crippen MR) is 92.4 cm³/mol. The minimum Gasteiger partial charge on any atom is -0.493 e. The molecule has 1 aromatic carbocycles. The molecule has 1 aliphatic heterocycles. The van der Waals surface area contributed by atoms with Crippen LogP contribution in [0.25, 0.3) is 6.08 Å². The van der Waals surface area contributed by atoms with Gasteiger partial charge in [-0.05, 0) is 36.6 Å². The Hall–Kier alpha value is -2.63. The molecule has 3 rings (SSSR count). The van der Waals surface area contributed by atoms with Crippen LogP contribution in [0.1, 0.15) is 44.6 Å². The Morgan fingerprint density at radius 3 is 2.68 bits per heavy atom. The van der Waals surface area contributed by atoms with Crippen LogP contribution in [0.2, 0.25) is 0 Å². The summed E-state index contributed by atoms with van der Waals surface area (Å²) in [5, 5.41) is 0. The number of carbonyl (C=O) groups excluding carboxylic acids is 2. The van der Waals surface area contributed by atoms with E-state index < -0.39 is 11.9 Å². The minimum atomic E-state index is -0.427. The van der Waals surface area contributed by atoms with Crippen molar-refractivity contribution in [3.8, 4) is 11.5 Å². The highest BCUT2D eigenvalue weighted by Crippen LogP contribution is 2.31. The van der Waals surface area contributed by atoms with Gasteiger partial charge in [-0.1, -0.05) is 25.3 Å². The van der Waals surface area contributed by atoms with E-state index in [-0.39, 0.29) is 11.6 Å². The maximum Gasteiger partial charge on any atom is 0.363 e. The number of cyclic esters (lactones) is 1. The molecule has 0 amide bonds. The Morgan fingerprint density at radius 1 is 1.24 bits per heavy atom. The topological polar surface area (TPSA) is 74.2 Å². The van der Waals surface area contributed by atoms with Gasteiger partial charge >= 0.3 is 11.9 Å². The van der Waals surface area contributed by atoms with Crippen molar-refractivity contribution in [2.75, 3.05) is 7.11 Å². The fraction of sp³-hybridized carbons (Fsp3) is 0.421. The number of hydrogen-bond donors (Lipinski definition) is 0. The molecule has 1 heterocycles. The van der Waals surface area contributed by atoms with E-state index in [0.717, 1.165) is 25.7 Å². The Labute approximate surface area is 146 Å². The van der Waals surface area contributed by atoms with Gasteiger partial charge in [0.15, 0.2) is 17.2 Å². The third kappa shape index (κ3) is 4.07. The second kappa shape index (κ2) is 7.51. The van der Waals surface area contributed by atoms with Crippen molar-refractivity contribution in [2.45, 2.75) is 39.0 Å². The standard InChI is InChI=1S/C19H21NO5/c1-12(21)24-16-9-8-13(11-17(16)23-2)10-15-19(22)25-18(20-15)14-6-4-3-5-7-14/h8-11,14H,3-7H2,1-2H3/b15-10+. The molecule has 0 saturated heterocycles. The summed E-state index contributed by atoms with van der Waals surface area (Å²) in [6, 6.07) is 5.04. The summed E-state index contributed by atoms with van der Waals surface area (Å²) in [6.07, 6.45) is 7.21. The van der Waals surface area contributed by atoms with Gasteiger partial charge in [-0.15, -0.1) is 0 Å². The van der Waals surface area contributed by atoms with Crippen molar-refractivity contribution in [3.63, 3.8) is 0 Å². The van der Waals surface area contributed by atoms with E-state index >= 15 is 0 Å². The Kier molecular flexibility index (Phi) is 5.16. The third-order valence-corrected chi connectivity index (χ3v) is 4.34. The maximum absolute atomic E-state index is 12.1. The number of nitrogens with zero attached hydrogens (tertiary/aromatic N) is 1. The largest absolute Gasteiger partial charge is 0.493 e. The van der Waals surface area contributed by atoms with Crippen molar-refractivity contribution < 1.29 is 23.8 Å². The summed E-state index contributed by atoms with van der Waals surface area (Å²) in [7, 11) is 1.49. The first-order valence-electron chi connectivity index (χ1n) is 8.45. The van der Waals surface area contributed by atoms with Crippen molar-refractivity contribution in [3.05, 3.63) is 29.5 Å². The molecule has 0 unspecified atom stereocenters. The summed E-state index contributed by atoms with van der Waals surface area (Å²) in [5.74, 6) is 0.669. The van der Waals surface area contributed by atoms with E-state index in [2.05, 4.69) is 4.99 Å². The minimum absolute atomic E-state index is 0.240. The number of carbonyl (C=O) groups is 2. The number of benzene rings is 1. The quantitative estimate of drug-likeness (QED) is 0.475. The van der Waals surface area contributed by atoms with Crippen LogP contribution < -0.4 is 9.47 Å². The number of esters is 2. The molecule has 0 radical (unpaired) electrons. The molecule has 132 valence electrons. The highest BCUT2D eigenvalue weighted by Gasteiger charge is 2.30. The summed E-state index contributed by atoms with van der Waals surface area (Å²) >= 11 is 0. The fourth-order valence-electron chi connectivity index (χ4n) is 3.12. The number of rotatable bonds is 4. The van der Waals surface area contributed by atoms with Crippen LogP contribution in [0.5, 0.6) is 11.5 Å². The average Bonchev–Trinajstić information content (AvgIpc) is 2.97. The smallest absolute Gasteiger partial charge is 0.363 e. The summed E-state index contributed by atoms with van der Waals surface area (Å²) in [5.41, 5.74) is 0.996. The summed E-state index contributed by atoms with van der Waals surface area (Å²) < 4.78 is 15.7. The molecule has 0 bridgehead atoms. The predicted octanol–water partition coefficient (Wildman–Crippen LogP) is 3.50. The highest BCUT2D eigenvalue weighted by atomic mass is 16.6. The normalized spacial score (nSPS) is 19.5. The van der Waals surface area contributed by atoms with Crippen LogP contribution in [0.3, 0.4) is 0 Å². The van der Waals surface area contributed by atoms with Crippen molar-refractivity contribution in [2.24, 2.45) is 10.9 Å². The van der Waals surface area contributed by atoms with Crippen LogP contribution in [-0.2, 0) is 14.3 Å². The monoisotopic (exact) mass is 343 g/mol.